The normalized spacial score (nSPS) is 21.1. The molecule has 1 aliphatic heterocycles. The van der Waals surface area contributed by atoms with Crippen molar-refractivity contribution in [1.82, 2.24) is 0 Å². The highest BCUT2D eigenvalue weighted by atomic mass is 16.7. The summed E-state index contributed by atoms with van der Waals surface area (Å²) >= 11 is 0. The van der Waals surface area contributed by atoms with Crippen molar-refractivity contribution in [1.29, 1.82) is 0 Å². The number of aryl methyl sites for hydroxylation is 1. The summed E-state index contributed by atoms with van der Waals surface area (Å²) in [5.74, 6) is 0. The molecule has 3 nitrogen and oxygen atoms in total. The molecule has 0 saturated carbocycles. The number of rotatable bonds is 2. The fraction of sp³-hybridized carbons (Fsp3) is 0.500. The Hall–Kier alpha value is -1.13. The van der Waals surface area contributed by atoms with Gasteiger partial charge in [0.05, 0.1) is 11.2 Å². The molecule has 1 aromatic carbocycles. The Morgan fingerprint density at radius 1 is 1.11 bits per heavy atom. The lowest BCUT2D eigenvalue weighted by Gasteiger charge is -2.32. The topological polar surface area (TPSA) is 35.5 Å². The quantitative estimate of drug-likeness (QED) is 0.592. The second-order valence-electron chi connectivity index (χ2n) is 5.82. The largest absolute Gasteiger partial charge is 0.494 e. The first kappa shape index (κ1) is 13.3. The number of hydrogen-bond donors (Lipinski definition) is 0. The van der Waals surface area contributed by atoms with Crippen LogP contribution in [0.3, 0.4) is 0 Å². The molecule has 1 heterocycles. The van der Waals surface area contributed by atoms with E-state index in [0.29, 0.717) is 5.56 Å². The fourth-order valence-corrected chi connectivity index (χ4v) is 1.96. The van der Waals surface area contributed by atoms with Crippen LogP contribution >= 0.6 is 0 Å². The Labute approximate surface area is 109 Å². The highest BCUT2D eigenvalue weighted by Gasteiger charge is 2.51. The molecule has 0 amide bonds. The molecule has 2 rings (SSSR count). The number of benzene rings is 1. The van der Waals surface area contributed by atoms with E-state index < -0.39 is 0 Å². The monoisotopic (exact) mass is 246 g/mol. The minimum absolute atomic E-state index is 0.338. The van der Waals surface area contributed by atoms with Crippen molar-refractivity contribution in [3.8, 4) is 0 Å². The molecule has 0 aliphatic carbocycles. The maximum atomic E-state index is 10.8. The summed E-state index contributed by atoms with van der Waals surface area (Å²) in [4.78, 5) is 10.8. The lowest BCUT2D eigenvalue weighted by molar-refractivity contribution is 0.00578. The Balaban J connectivity index is 2.30. The summed E-state index contributed by atoms with van der Waals surface area (Å²) in [5.41, 5.74) is 1.92. The van der Waals surface area contributed by atoms with Gasteiger partial charge in [-0.3, -0.25) is 4.79 Å². The van der Waals surface area contributed by atoms with Crippen molar-refractivity contribution in [3.63, 3.8) is 0 Å². The van der Waals surface area contributed by atoms with Crippen molar-refractivity contribution in [2.45, 2.75) is 45.8 Å². The van der Waals surface area contributed by atoms with Gasteiger partial charge in [-0.05, 0) is 45.6 Å². The molecule has 1 saturated heterocycles. The van der Waals surface area contributed by atoms with E-state index in [-0.39, 0.29) is 18.3 Å². The third-order valence-electron chi connectivity index (χ3n) is 3.95. The van der Waals surface area contributed by atoms with Crippen molar-refractivity contribution in [2.75, 3.05) is 0 Å². The summed E-state index contributed by atoms with van der Waals surface area (Å²) in [6, 6.07) is 5.65. The predicted molar refractivity (Wildman–Crippen MR) is 72.3 cm³/mol. The van der Waals surface area contributed by atoms with Gasteiger partial charge >= 0.3 is 7.12 Å². The third-order valence-corrected chi connectivity index (χ3v) is 3.95. The minimum atomic E-state index is -0.366. The molecule has 18 heavy (non-hydrogen) atoms. The number of carbonyl (C=O) groups is 1. The molecule has 96 valence electrons. The van der Waals surface area contributed by atoms with Crippen LogP contribution in [0, 0.1) is 6.92 Å². The van der Waals surface area contributed by atoms with Gasteiger partial charge in [0, 0.05) is 5.56 Å². The smallest absolute Gasteiger partial charge is 0.399 e. The average Bonchev–Trinajstić information content (AvgIpc) is 2.48. The van der Waals surface area contributed by atoms with Gasteiger partial charge in [0.15, 0.2) is 0 Å². The molecule has 0 spiro atoms. The van der Waals surface area contributed by atoms with E-state index in [2.05, 4.69) is 0 Å². The number of hydrogen-bond acceptors (Lipinski definition) is 3. The predicted octanol–water partition coefficient (Wildman–Crippen LogP) is 2.11. The van der Waals surface area contributed by atoms with Crippen molar-refractivity contribution >= 4 is 18.9 Å². The van der Waals surface area contributed by atoms with Gasteiger partial charge in [0.2, 0.25) is 0 Å². The zero-order valence-electron chi connectivity index (χ0n) is 11.6. The highest BCUT2D eigenvalue weighted by Crippen LogP contribution is 2.36. The summed E-state index contributed by atoms with van der Waals surface area (Å²) in [7, 11) is -0.366. The van der Waals surface area contributed by atoms with Gasteiger partial charge in [0.25, 0.3) is 0 Å². The third kappa shape index (κ3) is 2.11. The van der Waals surface area contributed by atoms with Crippen LogP contribution in [0.4, 0.5) is 0 Å². The molecule has 4 heteroatoms. The average molecular weight is 246 g/mol. The van der Waals surface area contributed by atoms with Gasteiger partial charge < -0.3 is 9.31 Å². The first-order chi connectivity index (χ1) is 8.27. The Bertz CT molecular complexity index is 464. The van der Waals surface area contributed by atoms with Gasteiger partial charge in [-0.1, -0.05) is 18.2 Å². The minimum Gasteiger partial charge on any atom is -0.399 e. The highest BCUT2D eigenvalue weighted by molar-refractivity contribution is 6.62. The molecule has 1 aromatic rings. The first-order valence-corrected chi connectivity index (χ1v) is 6.18. The first-order valence-electron chi connectivity index (χ1n) is 6.18. The zero-order valence-corrected chi connectivity index (χ0v) is 11.6. The summed E-state index contributed by atoms with van der Waals surface area (Å²) in [6.45, 7) is 10.0. The number of carbonyl (C=O) groups excluding carboxylic acids is 1. The standard InChI is InChI=1S/C14H19BO3/c1-10-8-12(7-6-11(10)9-16)15-17-13(2,3)14(4,5)18-15/h6-9H,1-5H3. The summed E-state index contributed by atoms with van der Waals surface area (Å²) < 4.78 is 11.9. The molecular formula is C14H19BO3. The van der Waals surface area contributed by atoms with Crippen LogP contribution in [0.5, 0.6) is 0 Å². The maximum absolute atomic E-state index is 10.8. The van der Waals surface area contributed by atoms with Gasteiger partial charge in [-0.2, -0.15) is 0 Å². The zero-order chi connectivity index (χ0) is 13.6. The maximum Gasteiger partial charge on any atom is 0.494 e. The van der Waals surface area contributed by atoms with Crippen LogP contribution in [-0.4, -0.2) is 24.6 Å². The Kier molecular flexibility index (Phi) is 3.12. The molecule has 0 atom stereocenters. The second-order valence-corrected chi connectivity index (χ2v) is 5.82. The van der Waals surface area contributed by atoms with E-state index in [9.17, 15) is 4.79 Å². The Morgan fingerprint density at radius 2 is 1.67 bits per heavy atom. The van der Waals surface area contributed by atoms with Crippen LogP contribution in [0.2, 0.25) is 0 Å². The number of aldehydes is 1. The van der Waals surface area contributed by atoms with Crippen molar-refractivity contribution in [2.24, 2.45) is 0 Å². The molecule has 0 N–H and O–H groups in total. The Morgan fingerprint density at radius 3 is 2.11 bits per heavy atom. The lowest BCUT2D eigenvalue weighted by Crippen LogP contribution is -2.41. The van der Waals surface area contributed by atoms with E-state index in [0.717, 1.165) is 17.3 Å². The fourth-order valence-electron chi connectivity index (χ4n) is 1.96. The van der Waals surface area contributed by atoms with E-state index in [4.69, 9.17) is 9.31 Å². The molecule has 1 fully saturated rings. The van der Waals surface area contributed by atoms with Gasteiger partial charge in [-0.25, -0.2) is 0 Å². The molecule has 0 bridgehead atoms. The van der Waals surface area contributed by atoms with Crippen LogP contribution in [0.15, 0.2) is 18.2 Å². The lowest BCUT2D eigenvalue weighted by atomic mass is 9.78. The van der Waals surface area contributed by atoms with E-state index in [1.165, 1.54) is 0 Å². The van der Waals surface area contributed by atoms with Crippen LogP contribution in [-0.2, 0) is 9.31 Å². The van der Waals surface area contributed by atoms with Crippen molar-refractivity contribution < 1.29 is 14.1 Å². The van der Waals surface area contributed by atoms with Gasteiger partial charge in [0.1, 0.15) is 6.29 Å². The van der Waals surface area contributed by atoms with Crippen LogP contribution < -0.4 is 5.46 Å². The molecule has 0 radical (unpaired) electrons. The van der Waals surface area contributed by atoms with Gasteiger partial charge in [-0.15, -0.1) is 0 Å². The van der Waals surface area contributed by atoms with E-state index in [1.807, 2.05) is 52.8 Å². The van der Waals surface area contributed by atoms with Crippen molar-refractivity contribution in [3.05, 3.63) is 29.3 Å². The molecular weight excluding hydrogens is 227 g/mol. The summed E-state index contributed by atoms with van der Waals surface area (Å²) in [6.07, 6.45) is 0.864. The SMILES string of the molecule is Cc1cc(B2OC(C)(C)C(C)(C)O2)ccc1C=O. The van der Waals surface area contributed by atoms with Crippen LogP contribution in [0.25, 0.3) is 0 Å². The van der Waals surface area contributed by atoms with E-state index in [1.54, 1.807) is 0 Å². The van der Waals surface area contributed by atoms with E-state index >= 15 is 0 Å². The molecule has 0 aromatic heterocycles. The summed E-state index contributed by atoms with van der Waals surface area (Å²) in [5, 5.41) is 0. The second kappa shape index (κ2) is 4.21. The van der Waals surface area contributed by atoms with Crippen LogP contribution in [0.1, 0.15) is 43.6 Å². The molecule has 1 aliphatic rings. The molecule has 0 unspecified atom stereocenters.